The van der Waals surface area contributed by atoms with E-state index in [9.17, 15) is 13.6 Å². The van der Waals surface area contributed by atoms with E-state index < -0.39 is 17.5 Å². The van der Waals surface area contributed by atoms with Gasteiger partial charge in [-0.05, 0) is 30.3 Å². The third-order valence-corrected chi connectivity index (χ3v) is 3.24. The first-order valence-corrected chi connectivity index (χ1v) is 6.43. The first kappa shape index (κ1) is 15.0. The molecule has 2 aromatic rings. The smallest absolute Gasteiger partial charge is 0.255 e. The van der Waals surface area contributed by atoms with E-state index in [0.717, 1.165) is 18.2 Å². The van der Waals surface area contributed by atoms with E-state index in [1.165, 1.54) is 12.1 Å². The molecule has 0 heterocycles. The Hall–Kier alpha value is -1.36. The molecule has 2 aromatic carbocycles. The summed E-state index contributed by atoms with van der Waals surface area (Å²) in [5, 5.41) is 3.00. The van der Waals surface area contributed by atoms with Crippen molar-refractivity contribution in [3.63, 3.8) is 0 Å². The Labute approximate surface area is 128 Å². The van der Waals surface area contributed by atoms with Crippen LogP contribution in [0.3, 0.4) is 0 Å². The fraction of sp³-hybridized carbons (Fsp3) is 0. The second-order valence-corrected chi connectivity index (χ2v) is 5.08. The van der Waals surface area contributed by atoms with E-state index in [2.05, 4.69) is 5.32 Å². The normalized spacial score (nSPS) is 10.4. The molecule has 0 saturated carbocycles. The molecule has 0 bridgehead atoms. The second-order valence-electron chi connectivity index (χ2n) is 3.83. The molecule has 0 atom stereocenters. The summed E-state index contributed by atoms with van der Waals surface area (Å²) >= 11 is 17.6. The summed E-state index contributed by atoms with van der Waals surface area (Å²) in [5.74, 6) is -2.83. The Morgan fingerprint density at radius 3 is 2.10 bits per heavy atom. The molecule has 0 aromatic heterocycles. The van der Waals surface area contributed by atoms with Crippen LogP contribution in [0.1, 0.15) is 10.4 Å². The molecule has 2 rings (SSSR count). The maximum atomic E-state index is 13.1. The van der Waals surface area contributed by atoms with Crippen molar-refractivity contribution in [2.45, 2.75) is 0 Å². The van der Waals surface area contributed by atoms with E-state index in [4.69, 9.17) is 34.8 Å². The Bertz CT molecular complexity index is 668. The Balaban J connectivity index is 2.30. The summed E-state index contributed by atoms with van der Waals surface area (Å²) in [4.78, 5) is 11.9. The van der Waals surface area contributed by atoms with Crippen LogP contribution in [-0.4, -0.2) is 5.91 Å². The maximum Gasteiger partial charge on any atom is 0.255 e. The molecule has 7 heteroatoms. The van der Waals surface area contributed by atoms with Gasteiger partial charge >= 0.3 is 0 Å². The van der Waals surface area contributed by atoms with Gasteiger partial charge in [0.2, 0.25) is 0 Å². The topological polar surface area (TPSA) is 29.1 Å². The van der Waals surface area contributed by atoms with E-state index in [0.29, 0.717) is 5.02 Å². The lowest BCUT2D eigenvalue weighted by Crippen LogP contribution is -2.13. The Morgan fingerprint density at radius 1 is 0.950 bits per heavy atom. The summed E-state index contributed by atoms with van der Waals surface area (Å²) in [7, 11) is 0. The van der Waals surface area contributed by atoms with Crippen LogP contribution in [0, 0.1) is 11.6 Å². The molecule has 1 amide bonds. The number of benzene rings is 2. The van der Waals surface area contributed by atoms with Crippen LogP contribution in [0.2, 0.25) is 15.1 Å². The number of hydrogen-bond acceptors (Lipinski definition) is 1. The predicted octanol–water partition coefficient (Wildman–Crippen LogP) is 5.18. The van der Waals surface area contributed by atoms with Gasteiger partial charge in [-0.3, -0.25) is 4.79 Å². The molecule has 0 radical (unpaired) electrons. The highest BCUT2D eigenvalue weighted by molar-refractivity contribution is 6.42. The molecule has 0 aliphatic rings. The van der Waals surface area contributed by atoms with E-state index in [1.807, 2.05) is 0 Å². The zero-order chi connectivity index (χ0) is 14.9. The zero-order valence-electron chi connectivity index (χ0n) is 9.68. The van der Waals surface area contributed by atoms with Gasteiger partial charge in [-0.2, -0.15) is 0 Å². The quantitative estimate of drug-likeness (QED) is 0.804. The number of carbonyl (C=O) groups is 1. The van der Waals surface area contributed by atoms with Gasteiger partial charge in [0, 0.05) is 10.6 Å². The number of halogens is 5. The summed E-state index contributed by atoms with van der Waals surface area (Å²) in [6, 6.07) is 5.58. The molecular formula is C13H6Cl3F2NO. The molecule has 1 N–H and O–H groups in total. The second kappa shape index (κ2) is 5.95. The summed E-state index contributed by atoms with van der Waals surface area (Å²) in [6.45, 7) is 0. The van der Waals surface area contributed by atoms with Crippen LogP contribution in [0.15, 0.2) is 30.3 Å². The van der Waals surface area contributed by atoms with Crippen molar-refractivity contribution in [3.8, 4) is 0 Å². The van der Waals surface area contributed by atoms with Gasteiger partial charge in [0.25, 0.3) is 5.91 Å². The van der Waals surface area contributed by atoms with Crippen LogP contribution in [-0.2, 0) is 0 Å². The van der Waals surface area contributed by atoms with Gasteiger partial charge in [0.15, 0.2) is 11.6 Å². The SMILES string of the molecule is O=C(Nc1c(Cl)cc(Cl)cc1Cl)c1ccc(F)c(F)c1. The summed E-state index contributed by atoms with van der Waals surface area (Å²) in [5.41, 5.74) is 0.0819. The summed E-state index contributed by atoms with van der Waals surface area (Å²) in [6.07, 6.45) is 0. The minimum absolute atomic E-state index is 0.0639. The average molecular weight is 337 g/mol. The molecular weight excluding hydrogens is 331 g/mol. The zero-order valence-corrected chi connectivity index (χ0v) is 12.0. The molecule has 0 aliphatic carbocycles. The molecule has 20 heavy (non-hydrogen) atoms. The number of carbonyl (C=O) groups excluding carboxylic acids is 1. The Kier molecular flexibility index (Phi) is 4.48. The molecule has 0 aliphatic heterocycles. The fourth-order valence-corrected chi connectivity index (χ4v) is 2.40. The van der Waals surface area contributed by atoms with Crippen LogP contribution >= 0.6 is 34.8 Å². The highest BCUT2D eigenvalue weighted by atomic mass is 35.5. The number of rotatable bonds is 2. The van der Waals surface area contributed by atoms with Crippen molar-refractivity contribution in [2.75, 3.05) is 5.32 Å². The van der Waals surface area contributed by atoms with Crippen LogP contribution in [0.4, 0.5) is 14.5 Å². The van der Waals surface area contributed by atoms with Crippen molar-refractivity contribution in [1.29, 1.82) is 0 Å². The van der Waals surface area contributed by atoms with Gasteiger partial charge in [0.1, 0.15) is 0 Å². The largest absolute Gasteiger partial charge is 0.319 e. The van der Waals surface area contributed by atoms with Crippen molar-refractivity contribution in [3.05, 3.63) is 62.6 Å². The minimum Gasteiger partial charge on any atom is -0.319 e. The number of amides is 1. The lowest BCUT2D eigenvalue weighted by atomic mass is 10.2. The lowest BCUT2D eigenvalue weighted by molar-refractivity contribution is 0.102. The van der Waals surface area contributed by atoms with Gasteiger partial charge < -0.3 is 5.32 Å². The monoisotopic (exact) mass is 335 g/mol. The first-order valence-electron chi connectivity index (χ1n) is 5.29. The van der Waals surface area contributed by atoms with Crippen LogP contribution in [0.25, 0.3) is 0 Å². The summed E-state index contributed by atoms with van der Waals surface area (Å²) < 4.78 is 25.9. The first-order chi connectivity index (χ1) is 9.38. The fourth-order valence-electron chi connectivity index (χ4n) is 1.48. The number of anilines is 1. The van der Waals surface area contributed by atoms with Gasteiger partial charge in [-0.15, -0.1) is 0 Å². The van der Waals surface area contributed by atoms with Crippen LogP contribution in [0.5, 0.6) is 0 Å². The van der Waals surface area contributed by atoms with Crippen molar-refractivity contribution < 1.29 is 13.6 Å². The van der Waals surface area contributed by atoms with Crippen molar-refractivity contribution >= 4 is 46.4 Å². The minimum atomic E-state index is -1.12. The van der Waals surface area contributed by atoms with Crippen molar-refractivity contribution in [1.82, 2.24) is 0 Å². The number of nitrogens with one attached hydrogen (secondary N) is 1. The van der Waals surface area contributed by atoms with Gasteiger partial charge in [-0.25, -0.2) is 8.78 Å². The molecule has 2 nitrogen and oxygen atoms in total. The highest BCUT2D eigenvalue weighted by Gasteiger charge is 2.14. The van der Waals surface area contributed by atoms with Crippen molar-refractivity contribution in [2.24, 2.45) is 0 Å². The predicted molar refractivity (Wildman–Crippen MR) is 75.8 cm³/mol. The van der Waals surface area contributed by atoms with Crippen LogP contribution < -0.4 is 5.32 Å². The molecule has 104 valence electrons. The molecule has 0 fully saturated rings. The lowest BCUT2D eigenvalue weighted by Gasteiger charge is -2.10. The molecule has 0 unspecified atom stereocenters. The number of hydrogen-bond donors (Lipinski definition) is 1. The molecule has 0 spiro atoms. The van der Waals surface area contributed by atoms with E-state index >= 15 is 0 Å². The maximum absolute atomic E-state index is 13.1. The highest BCUT2D eigenvalue weighted by Crippen LogP contribution is 2.33. The van der Waals surface area contributed by atoms with Gasteiger partial charge in [-0.1, -0.05) is 34.8 Å². The van der Waals surface area contributed by atoms with E-state index in [-0.39, 0.29) is 21.3 Å². The molecule has 0 saturated heterocycles. The van der Waals surface area contributed by atoms with E-state index in [1.54, 1.807) is 0 Å². The Morgan fingerprint density at radius 2 is 1.55 bits per heavy atom. The third-order valence-electron chi connectivity index (χ3n) is 2.43. The standard InChI is InChI=1S/C13H6Cl3F2NO/c14-7-4-8(15)12(9(16)5-7)19-13(20)6-1-2-10(17)11(18)3-6/h1-5H,(H,19,20). The van der Waals surface area contributed by atoms with Gasteiger partial charge in [0.05, 0.1) is 15.7 Å². The average Bonchev–Trinajstić information content (AvgIpc) is 2.36. The third kappa shape index (κ3) is 3.20.